The first kappa shape index (κ1) is 16.3. The first-order valence-electron chi connectivity index (χ1n) is 7.54. The van der Waals surface area contributed by atoms with E-state index in [0.717, 1.165) is 31.5 Å². The summed E-state index contributed by atoms with van der Waals surface area (Å²) in [5, 5.41) is 5.23. The molecular formula is C17H18F3NOS. The van der Waals surface area contributed by atoms with Crippen LogP contribution in [0.25, 0.3) is 0 Å². The zero-order valence-electron chi connectivity index (χ0n) is 12.7. The zero-order chi connectivity index (χ0) is 16.4. The molecule has 0 bridgehead atoms. The number of nitrogens with one attached hydrogen (secondary N) is 1. The summed E-state index contributed by atoms with van der Waals surface area (Å²) >= 11 is 1.72. The molecular weight excluding hydrogens is 323 g/mol. The van der Waals surface area contributed by atoms with E-state index < -0.39 is 11.7 Å². The minimum Gasteiger partial charge on any atom is -0.485 e. The van der Waals surface area contributed by atoms with Crippen molar-refractivity contribution in [3.05, 3.63) is 51.7 Å². The van der Waals surface area contributed by atoms with Gasteiger partial charge in [0, 0.05) is 22.9 Å². The highest BCUT2D eigenvalue weighted by atomic mass is 32.1. The fourth-order valence-corrected chi connectivity index (χ4v) is 3.96. The number of alkyl halides is 3. The predicted molar refractivity (Wildman–Crippen MR) is 84.9 cm³/mol. The van der Waals surface area contributed by atoms with Gasteiger partial charge in [0.25, 0.3) is 0 Å². The minimum absolute atomic E-state index is 0.116. The molecule has 3 rings (SSSR count). The molecule has 0 fully saturated rings. The summed E-state index contributed by atoms with van der Waals surface area (Å²) in [7, 11) is 1.90. The van der Waals surface area contributed by atoms with Crippen LogP contribution < -0.4 is 10.1 Å². The molecule has 1 aromatic carbocycles. The van der Waals surface area contributed by atoms with Gasteiger partial charge in [-0.15, -0.1) is 11.3 Å². The molecule has 1 aromatic heterocycles. The maximum absolute atomic E-state index is 12.6. The molecule has 2 atom stereocenters. The second kappa shape index (κ2) is 6.53. The van der Waals surface area contributed by atoms with Gasteiger partial charge in [0.1, 0.15) is 11.9 Å². The van der Waals surface area contributed by atoms with Crippen LogP contribution in [-0.2, 0) is 12.6 Å². The van der Waals surface area contributed by atoms with Crippen LogP contribution in [0.4, 0.5) is 13.2 Å². The van der Waals surface area contributed by atoms with Gasteiger partial charge in [-0.3, -0.25) is 0 Å². The van der Waals surface area contributed by atoms with Gasteiger partial charge in [0.15, 0.2) is 0 Å². The van der Waals surface area contributed by atoms with E-state index in [9.17, 15) is 13.2 Å². The largest absolute Gasteiger partial charge is 0.485 e. The second-order valence-electron chi connectivity index (χ2n) is 5.72. The maximum atomic E-state index is 12.6. The Kier molecular flexibility index (Phi) is 4.64. The van der Waals surface area contributed by atoms with Crippen molar-refractivity contribution in [1.82, 2.24) is 5.32 Å². The highest BCUT2D eigenvalue weighted by Crippen LogP contribution is 2.40. The normalized spacial score (nSPS) is 21.0. The summed E-state index contributed by atoms with van der Waals surface area (Å²) in [6.45, 7) is 0.820. The lowest BCUT2D eigenvalue weighted by atomic mass is 9.85. The van der Waals surface area contributed by atoms with Gasteiger partial charge in [-0.1, -0.05) is 0 Å². The Bertz CT molecular complexity index is 651. The fourth-order valence-electron chi connectivity index (χ4n) is 3.03. The standard InChI is InChI=1S/C17H18F3NOS/c1-21-10-11-2-7-15-14(8-9-23-15)16(11)22-13-5-3-12(4-6-13)17(18,19)20/h3-6,8-9,11,16,21H,2,7,10H2,1H3. The van der Waals surface area contributed by atoms with Crippen molar-refractivity contribution < 1.29 is 17.9 Å². The van der Waals surface area contributed by atoms with Crippen LogP contribution in [0.15, 0.2) is 35.7 Å². The Morgan fingerprint density at radius 2 is 1.96 bits per heavy atom. The molecule has 1 aliphatic carbocycles. The van der Waals surface area contributed by atoms with Gasteiger partial charge in [-0.05, 0) is 55.6 Å². The Balaban J connectivity index is 1.82. The summed E-state index contributed by atoms with van der Waals surface area (Å²) in [6.07, 6.45) is -2.39. The molecule has 2 aromatic rings. The van der Waals surface area contributed by atoms with Gasteiger partial charge in [0.05, 0.1) is 5.56 Å². The molecule has 0 saturated heterocycles. The number of fused-ring (bicyclic) bond motifs is 1. The number of hydrogen-bond donors (Lipinski definition) is 1. The number of ether oxygens (including phenoxy) is 1. The second-order valence-corrected chi connectivity index (χ2v) is 6.72. The number of halogens is 3. The van der Waals surface area contributed by atoms with E-state index in [1.54, 1.807) is 11.3 Å². The topological polar surface area (TPSA) is 21.3 Å². The number of rotatable bonds is 4. The Morgan fingerprint density at radius 3 is 2.61 bits per heavy atom. The van der Waals surface area contributed by atoms with E-state index in [4.69, 9.17) is 4.74 Å². The fraction of sp³-hybridized carbons (Fsp3) is 0.412. The van der Waals surface area contributed by atoms with Crippen LogP contribution in [-0.4, -0.2) is 13.6 Å². The average molecular weight is 341 g/mol. The molecule has 23 heavy (non-hydrogen) atoms. The summed E-state index contributed by atoms with van der Waals surface area (Å²) in [4.78, 5) is 1.31. The van der Waals surface area contributed by atoms with Crippen LogP contribution in [0, 0.1) is 5.92 Å². The molecule has 0 amide bonds. The van der Waals surface area contributed by atoms with Crippen molar-refractivity contribution in [2.45, 2.75) is 25.1 Å². The number of benzene rings is 1. The van der Waals surface area contributed by atoms with Crippen LogP contribution in [0.2, 0.25) is 0 Å². The van der Waals surface area contributed by atoms with E-state index in [-0.39, 0.29) is 6.10 Å². The van der Waals surface area contributed by atoms with Crippen molar-refractivity contribution in [3.8, 4) is 5.75 Å². The van der Waals surface area contributed by atoms with Crippen molar-refractivity contribution in [1.29, 1.82) is 0 Å². The van der Waals surface area contributed by atoms with Crippen molar-refractivity contribution >= 4 is 11.3 Å². The first-order chi connectivity index (χ1) is 11.0. The van der Waals surface area contributed by atoms with Gasteiger partial charge in [-0.2, -0.15) is 13.2 Å². The number of thiophene rings is 1. The first-order valence-corrected chi connectivity index (χ1v) is 8.42. The Morgan fingerprint density at radius 1 is 1.22 bits per heavy atom. The number of aryl methyl sites for hydroxylation is 1. The van der Waals surface area contributed by atoms with Gasteiger partial charge < -0.3 is 10.1 Å². The Labute approximate surface area is 137 Å². The minimum atomic E-state index is -4.32. The van der Waals surface area contributed by atoms with E-state index in [0.29, 0.717) is 11.7 Å². The Hall–Kier alpha value is -1.53. The molecule has 1 N–H and O–H groups in total. The lowest BCUT2D eigenvalue weighted by molar-refractivity contribution is -0.137. The van der Waals surface area contributed by atoms with Crippen LogP contribution in [0.3, 0.4) is 0 Å². The molecule has 0 spiro atoms. The molecule has 2 unspecified atom stereocenters. The molecule has 0 aliphatic heterocycles. The molecule has 1 aliphatic rings. The summed E-state index contributed by atoms with van der Waals surface area (Å²) < 4.78 is 44.0. The quantitative estimate of drug-likeness (QED) is 0.873. The molecule has 6 heteroatoms. The molecule has 2 nitrogen and oxygen atoms in total. The van der Waals surface area contributed by atoms with Crippen LogP contribution in [0.5, 0.6) is 5.75 Å². The lowest BCUT2D eigenvalue weighted by Crippen LogP contribution is -2.31. The molecule has 124 valence electrons. The average Bonchev–Trinajstić information content (AvgIpc) is 2.98. The van der Waals surface area contributed by atoms with Gasteiger partial charge in [0.2, 0.25) is 0 Å². The van der Waals surface area contributed by atoms with Crippen molar-refractivity contribution in [2.75, 3.05) is 13.6 Å². The smallest absolute Gasteiger partial charge is 0.416 e. The lowest BCUT2D eigenvalue weighted by Gasteiger charge is -2.32. The highest BCUT2D eigenvalue weighted by Gasteiger charge is 2.33. The third-order valence-electron chi connectivity index (χ3n) is 4.17. The van der Waals surface area contributed by atoms with E-state index in [2.05, 4.69) is 16.8 Å². The van der Waals surface area contributed by atoms with Crippen molar-refractivity contribution in [3.63, 3.8) is 0 Å². The summed E-state index contributed by atoms with van der Waals surface area (Å²) in [6, 6.07) is 7.01. The van der Waals surface area contributed by atoms with Gasteiger partial charge in [-0.25, -0.2) is 0 Å². The molecule has 1 heterocycles. The summed E-state index contributed by atoms with van der Waals surface area (Å²) in [5.41, 5.74) is 0.512. The predicted octanol–water partition coefficient (Wildman–Crippen LogP) is 4.67. The third kappa shape index (κ3) is 3.53. The van der Waals surface area contributed by atoms with E-state index >= 15 is 0 Å². The monoisotopic (exact) mass is 341 g/mol. The van der Waals surface area contributed by atoms with Gasteiger partial charge >= 0.3 is 6.18 Å². The van der Waals surface area contributed by atoms with E-state index in [1.807, 2.05) is 7.05 Å². The number of hydrogen-bond acceptors (Lipinski definition) is 3. The molecule has 0 saturated carbocycles. The van der Waals surface area contributed by atoms with Crippen molar-refractivity contribution in [2.24, 2.45) is 5.92 Å². The van der Waals surface area contributed by atoms with Crippen LogP contribution >= 0.6 is 11.3 Å². The zero-order valence-corrected chi connectivity index (χ0v) is 13.5. The SMILES string of the molecule is CNCC1CCc2sccc2C1Oc1ccc(C(F)(F)F)cc1. The van der Waals surface area contributed by atoms with E-state index in [1.165, 1.54) is 22.6 Å². The molecule has 0 radical (unpaired) electrons. The van der Waals surface area contributed by atoms with Crippen LogP contribution in [0.1, 0.15) is 28.5 Å². The highest BCUT2D eigenvalue weighted by molar-refractivity contribution is 7.10. The summed E-state index contributed by atoms with van der Waals surface area (Å²) in [5.74, 6) is 0.785. The maximum Gasteiger partial charge on any atom is 0.416 e. The third-order valence-corrected chi connectivity index (χ3v) is 5.16.